The number of nitrogens with zero attached hydrogens (tertiary/aromatic N) is 1. The van der Waals surface area contributed by atoms with Crippen LogP contribution in [0.1, 0.15) is 37.4 Å². The molecular weight excluding hydrogens is 287 g/mol. The molecular formula is C18H18F3N. The molecule has 1 aromatic carbocycles. The molecule has 0 N–H and O–H groups in total. The van der Waals surface area contributed by atoms with Crippen LogP contribution in [0.4, 0.5) is 13.2 Å². The van der Waals surface area contributed by atoms with Gasteiger partial charge in [-0.3, -0.25) is 4.98 Å². The van der Waals surface area contributed by atoms with E-state index in [-0.39, 0.29) is 5.56 Å². The second-order valence-electron chi connectivity index (χ2n) is 5.95. The lowest BCUT2D eigenvalue weighted by molar-refractivity contribution is 0.418. The number of rotatable bonds is 3. The molecule has 3 rings (SSSR count). The Hall–Kier alpha value is -1.84. The Labute approximate surface area is 128 Å². The van der Waals surface area contributed by atoms with Crippen LogP contribution in [-0.2, 0) is 12.8 Å². The predicted molar refractivity (Wildman–Crippen MR) is 80.0 cm³/mol. The highest BCUT2D eigenvalue weighted by molar-refractivity contribution is 5.60. The Morgan fingerprint density at radius 3 is 2.55 bits per heavy atom. The van der Waals surface area contributed by atoms with E-state index in [1.54, 1.807) is 6.07 Å². The Balaban J connectivity index is 1.92. The summed E-state index contributed by atoms with van der Waals surface area (Å²) >= 11 is 0. The van der Waals surface area contributed by atoms with E-state index in [9.17, 15) is 13.2 Å². The second-order valence-corrected chi connectivity index (χ2v) is 5.95. The number of aryl methyl sites for hydroxylation is 1. The van der Waals surface area contributed by atoms with Gasteiger partial charge in [0, 0.05) is 11.3 Å². The molecule has 2 aromatic rings. The van der Waals surface area contributed by atoms with Gasteiger partial charge in [-0.05, 0) is 48.9 Å². The number of fused-ring (bicyclic) bond motifs is 1. The van der Waals surface area contributed by atoms with Crippen molar-refractivity contribution in [3.8, 4) is 11.3 Å². The van der Waals surface area contributed by atoms with E-state index in [0.717, 1.165) is 37.1 Å². The van der Waals surface area contributed by atoms with Gasteiger partial charge in [-0.15, -0.1) is 0 Å². The molecule has 116 valence electrons. The lowest BCUT2D eigenvalue weighted by Crippen LogP contribution is -2.15. The summed E-state index contributed by atoms with van der Waals surface area (Å²) in [6.07, 6.45) is 5.40. The van der Waals surface area contributed by atoms with Crippen molar-refractivity contribution >= 4 is 0 Å². The van der Waals surface area contributed by atoms with E-state index in [1.165, 1.54) is 18.4 Å². The summed E-state index contributed by atoms with van der Waals surface area (Å²) in [6.45, 7) is 2.19. The highest BCUT2D eigenvalue weighted by Crippen LogP contribution is 2.30. The summed E-state index contributed by atoms with van der Waals surface area (Å²) in [4.78, 5) is 4.53. The van der Waals surface area contributed by atoms with Crippen molar-refractivity contribution in [1.29, 1.82) is 0 Å². The quantitative estimate of drug-likeness (QED) is 0.721. The fourth-order valence-electron chi connectivity index (χ4n) is 3.21. The molecule has 1 nitrogen and oxygen atoms in total. The molecule has 1 atom stereocenters. The number of pyridine rings is 1. The second kappa shape index (κ2) is 6.11. The standard InChI is InChI=1S/C18H18F3N/c1-2-3-11-4-6-16-12(8-11)5-7-17(22-16)13-9-14(19)18(21)15(20)10-13/h5,7,9-11H,2-4,6,8H2,1H3. The molecule has 22 heavy (non-hydrogen) atoms. The van der Waals surface area contributed by atoms with Crippen molar-refractivity contribution < 1.29 is 13.2 Å². The first-order chi connectivity index (χ1) is 10.6. The third kappa shape index (κ3) is 2.87. The number of halogens is 3. The zero-order valence-electron chi connectivity index (χ0n) is 12.5. The molecule has 1 aromatic heterocycles. The van der Waals surface area contributed by atoms with Crippen LogP contribution >= 0.6 is 0 Å². The molecule has 0 bridgehead atoms. The Morgan fingerprint density at radius 1 is 1.14 bits per heavy atom. The third-order valence-electron chi connectivity index (χ3n) is 4.34. The monoisotopic (exact) mass is 305 g/mol. The zero-order valence-corrected chi connectivity index (χ0v) is 12.5. The summed E-state index contributed by atoms with van der Waals surface area (Å²) in [7, 11) is 0. The highest BCUT2D eigenvalue weighted by atomic mass is 19.2. The van der Waals surface area contributed by atoms with Crippen LogP contribution in [0.2, 0.25) is 0 Å². The molecule has 1 aliphatic rings. The first-order valence-electron chi connectivity index (χ1n) is 7.72. The summed E-state index contributed by atoms with van der Waals surface area (Å²) < 4.78 is 39.8. The van der Waals surface area contributed by atoms with Crippen LogP contribution in [0, 0.1) is 23.4 Å². The molecule has 1 aliphatic carbocycles. The number of aromatic nitrogens is 1. The average molecular weight is 305 g/mol. The lowest BCUT2D eigenvalue weighted by Gasteiger charge is -2.24. The molecule has 0 fully saturated rings. The summed E-state index contributed by atoms with van der Waals surface area (Å²) in [6, 6.07) is 5.74. The van der Waals surface area contributed by atoms with Gasteiger partial charge in [0.1, 0.15) is 0 Å². The SMILES string of the molecule is CCCC1CCc2nc(-c3cc(F)c(F)c(F)c3)ccc2C1. The predicted octanol–water partition coefficient (Wildman–Crippen LogP) is 5.07. The van der Waals surface area contributed by atoms with Gasteiger partial charge in [-0.1, -0.05) is 25.8 Å². The Bertz CT molecular complexity index is 674. The molecule has 0 aliphatic heterocycles. The van der Waals surface area contributed by atoms with E-state index in [1.807, 2.05) is 6.07 Å². The topological polar surface area (TPSA) is 12.9 Å². The fourth-order valence-corrected chi connectivity index (χ4v) is 3.21. The van der Waals surface area contributed by atoms with Crippen molar-refractivity contribution in [3.63, 3.8) is 0 Å². The largest absolute Gasteiger partial charge is 0.253 e. The molecule has 0 saturated carbocycles. The third-order valence-corrected chi connectivity index (χ3v) is 4.34. The molecule has 0 spiro atoms. The van der Waals surface area contributed by atoms with Crippen LogP contribution in [0.15, 0.2) is 24.3 Å². The van der Waals surface area contributed by atoms with Crippen LogP contribution in [0.5, 0.6) is 0 Å². The summed E-state index contributed by atoms with van der Waals surface area (Å²) in [5.41, 5.74) is 2.98. The van der Waals surface area contributed by atoms with E-state index < -0.39 is 17.5 Å². The minimum atomic E-state index is -1.44. The van der Waals surface area contributed by atoms with Gasteiger partial charge in [0.15, 0.2) is 17.5 Å². The number of benzene rings is 1. The van der Waals surface area contributed by atoms with E-state index >= 15 is 0 Å². The van der Waals surface area contributed by atoms with Crippen LogP contribution in [-0.4, -0.2) is 4.98 Å². The van der Waals surface area contributed by atoms with Crippen LogP contribution in [0.25, 0.3) is 11.3 Å². The van der Waals surface area contributed by atoms with E-state index in [2.05, 4.69) is 11.9 Å². The van der Waals surface area contributed by atoms with Gasteiger partial charge in [0.2, 0.25) is 0 Å². The maximum Gasteiger partial charge on any atom is 0.194 e. The lowest BCUT2D eigenvalue weighted by atomic mass is 9.84. The normalized spacial score (nSPS) is 17.4. The summed E-state index contributed by atoms with van der Waals surface area (Å²) in [5.74, 6) is -3.11. The Kier molecular flexibility index (Phi) is 4.19. The van der Waals surface area contributed by atoms with E-state index in [4.69, 9.17) is 0 Å². The van der Waals surface area contributed by atoms with Crippen LogP contribution < -0.4 is 0 Å². The van der Waals surface area contributed by atoms with E-state index in [0.29, 0.717) is 11.6 Å². The van der Waals surface area contributed by atoms with Gasteiger partial charge in [0.25, 0.3) is 0 Å². The maximum atomic E-state index is 13.4. The number of hydrogen-bond donors (Lipinski definition) is 0. The molecule has 0 saturated heterocycles. The Morgan fingerprint density at radius 2 is 1.86 bits per heavy atom. The van der Waals surface area contributed by atoms with Gasteiger partial charge in [-0.25, -0.2) is 13.2 Å². The number of hydrogen-bond acceptors (Lipinski definition) is 1. The van der Waals surface area contributed by atoms with Crippen molar-refractivity contribution in [1.82, 2.24) is 4.98 Å². The molecule has 1 heterocycles. The molecule has 4 heteroatoms. The molecule has 0 amide bonds. The molecule has 0 radical (unpaired) electrons. The van der Waals surface area contributed by atoms with Crippen molar-refractivity contribution in [3.05, 3.63) is 53.0 Å². The van der Waals surface area contributed by atoms with Crippen molar-refractivity contribution in [2.75, 3.05) is 0 Å². The smallest absolute Gasteiger partial charge is 0.194 e. The minimum absolute atomic E-state index is 0.273. The van der Waals surface area contributed by atoms with Crippen molar-refractivity contribution in [2.24, 2.45) is 5.92 Å². The van der Waals surface area contributed by atoms with Gasteiger partial charge < -0.3 is 0 Å². The van der Waals surface area contributed by atoms with Gasteiger partial charge in [0.05, 0.1) is 5.69 Å². The first kappa shape index (κ1) is 15.1. The maximum absolute atomic E-state index is 13.4. The summed E-state index contributed by atoms with van der Waals surface area (Å²) in [5, 5.41) is 0. The van der Waals surface area contributed by atoms with Crippen LogP contribution in [0.3, 0.4) is 0 Å². The fraction of sp³-hybridized carbons (Fsp3) is 0.389. The van der Waals surface area contributed by atoms with Gasteiger partial charge in [-0.2, -0.15) is 0 Å². The molecule has 1 unspecified atom stereocenters. The highest BCUT2D eigenvalue weighted by Gasteiger charge is 2.20. The first-order valence-corrected chi connectivity index (χ1v) is 7.72. The average Bonchev–Trinajstić information content (AvgIpc) is 2.52. The van der Waals surface area contributed by atoms with Gasteiger partial charge >= 0.3 is 0 Å². The minimum Gasteiger partial charge on any atom is -0.253 e. The zero-order chi connectivity index (χ0) is 15.7. The van der Waals surface area contributed by atoms with Crippen molar-refractivity contribution in [2.45, 2.75) is 39.0 Å².